The van der Waals surface area contributed by atoms with E-state index in [2.05, 4.69) is 0 Å². The number of carbonyl (C=O) groups is 1. The fraction of sp³-hybridized carbons (Fsp3) is 0.462. The molecule has 0 bridgehead atoms. The van der Waals surface area contributed by atoms with Crippen LogP contribution in [0.2, 0.25) is 0 Å². The van der Waals surface area contributed by atoms with Crippen LogP contribution in [0.3, 0.4) is 0 Å². The predicted octanol–water partition coefficient (Wildman–Crippen LogP) is 1.62. The van der Waals surface area contributed by atoms with Gasteiger partial charge < -0.3 is 19.3 Å². The van der Waals surface area contributed by atoms with Gasteiger partial charge in [0.1, 0.15) is 13.2 Å². The second kappa shape index (κ2) is 4.49. The average Bonchev–Trinajstić information content (AvgIpc) is 2.87. The topological polar surface area (TPSA) is 65.0 Å². The van der Waals surface area contributed by atoms with Gasteiger partial charge in [-0.05, 0) is 24.1 Å². The Bertz CT molecular complexity index is 470. The molecule has 1 aromatic rings. The molecule has 0 saturated carbocycles. The second-order valence-electron chi connectivity index (χ2n) is 4.43. The van der Waals surface area contributed by atoms with E-state index in [0.717, 1.165) is 5.56 Å². The zero-order valence-electron chi connectivity index (χ0n) is 9.80. The van der Waals surface area contributed by atoms with Crippen molar-refractivity contribution in [2.24, 2.45) is 5.92 Å². The van der Waals surface area contributed by atoms with E-state index < -0.39 is 18.0 Å². The van der Waals surface area contributed by atoms with E-state index in [4.69, 9.17) is 19.3 Å². The van der Waals surface area contributed by atoms with Crippen LogP contribution in [-0.2, 0) is 9.53 Å². The summed E-state index contributed by atoms with van der Waals surface area (Å²) in [5, 5.41) is 9.15. The lowest BCUT2D eigenvalue weighted by atomic mass is 9.95. The molecule has 0 spiro atoms. The Hall–Kier alpha value is -1.75. The molecule has 0 amide bonds. The molecule has 18 heavy (non-hydrogen) atoms. The Balaban J connectivity index is 1.90. The molecule has 0 aromatic heterocycles. The molecule has 2 aliphatic heterocycles. The first-order chi connectivity index (χ1) is 8.75. The highest BCUT2D eigenvalue weighted by atomic mass is 16.6. The van der Waals surface area contributed by atoms with Crippen LogP contribution in [0.5, 0.6) is 11.5 Å². The quantitative estimate of drug-likeness (QED) is 0.864. The molecule has 5 nitrogen and oxygen atoms in total. The van der Waals surface area contributed by atoms with Crippen molar-refractivity contribution in [3.8, 4) is 11.5 Å². The van der Waals surface area contributed by atoms with Gasteiger partial charge in [-0.2, -0.15) is 0 Å². The van der Waals surface area contributed by atoms with E-state index in [-0.39, 0.29) is 0 Å². The van der Waals surface area contributed by atoms with Gasteiger partial charge in [0.25, 0.3) is 0 Å². The van der Waals surface area contributed by atoms with Gasteiger partial charge in [0.2, 0.25) is 0 Å². The van der Waals surface area contributed by atoms with E-state index in [9.17, 15) is 4.79 Å². The summed E-state index contributed by atoms with van der Waals surface area (Å²) in [6, 6.07) is 5.48. The van der Waals surface area contributed by atoms with Crippen LogP contribution in [0, 0.1) is 5.92 Å². The van der Waals surface area contributed by atoms with Crippen molar-refractivity contribution in [3.05, 3.63) is 23.8 Å². The monoisotopic (exact) mass is 250 g/mol. The molecule has 1 N–H and O–H groups in total. The van der Waals surface area contributed by atoms with Crippen LogP contribution in [0.25, 0.3) is 0 Å². The molecule has 96 valence electrons. The first-order valence-corrected chi connectivity index (χ1v) is 5.99. The third-order valence-corrected chi connectivity index (χ3v) is 3.30. The molecule has 2 unspecified atom stereocenters. The Kier molecular flexibility index (Phi) is 2.83. The molecule has 1 aromatic carbocycles. The van der Waals surface area contributed by atoms with Crippen LogP contribution < -0.4 is 9.47 Å². The van der Waals surface area contributed by atoms with Crippen LogP contribution in [0.4, 0.5) is 0 Å². The maximum atomic E-state index is 11.1. The summed E-state index contributed by atoms with van der Waals surface area (Å²) in [4.78, 5) is 11.1. The highest BCUT2D eigenvalue weighted by molar-refractivity contribution is 5.71. The zero-order chi connectivity index (χ0) is 12.5. The highest BCUT2D eigenvalue weighted by Crippen LogP contribution is 2.39. The van der Waals surface area contributed by atoms with Crippen molar-refractivity contribution in [1.82, 2.24) is 0 Å². The van der Waals surface area contributed by atoms with E-state index >= 15 is 0 Å². The number of hydrogen-bond donors (Lipinski definition) is 1. The number of ether oxygens (including phenoxy) is 3. The largest absolute Gasteiger partial charge is 0.486 e. The smallest absolute Gasteiger partial charge is 0.309 e. The van der Waals surface area contributed by atoms with Crippen LogP contribution >= 0.6 is 0 Å². The number of carboxylic acids is 1. The maximum absolute atomic E-state index is 11.1. The number of fused-ring (bicyclic) bond motifs is 1. The summed E-state index contributed by atoms with van der Waals surface area (Å²) >= 11 is 0. The third kappa shape index (κ3) is 1.90. The number of rotatable bonds is 2. The van der Waals surface area contributed by atoms with Gasteiger partial charge in [-0.15, -0.1) is 0 Å². The van der Waals surface area contributed by atoms with Gasteiger partial charge in [0, 0.05) is 6.61 Å². The van der Waals surface area contributed by atoms with Gasteiger partial charge in [-0.1, -0.05) is 6.07 Å². The molecule has 0 radical (unpaired) electrons. The average molecular weight is 250 g/mol. The number of benzene rings is 1. The molecule has 2 atom stereocenters. The van der Waals surface area contributed by atoms with Crippen molar-refractivity contribution >= 4 is 5.97 Å². The summed E-state index contributed by atoms with van der Waals surface area (Å²) in [5.74, 6) is 0.0770. The SMILES string of the molecule is O=C(O)C1CCOC1c1ccc2c(c1)OCCO2. The van der Waals surface area contributed by atoms with E-state index in [1.807, 2.05) is 18.2 Å². The lowest BCUT2D eigenvalue weighted by Gasteiger charge is -2.21. The Morgan fingerprint density at radius 3 is 2.72 bits per heavy atom. The zero-order valence-corrected chi connectivity index (χ0v) is 9.80. The lowest BCUT2D eigenvalue weighted by Crippen LogP contribution is -2.19. The normalized spacial score (nSPS) is 26.0. The first-order valence-electron chi connectivity index (χ1n) is 5.99. The summed E-state index contributed by atoms with van der Waals surface area (Å²) < 4.78 is 16.5. The number of aliphatic carboxylic acids is 1. The van der Waals surface area contributed by atoms with Crippen molar-refractivity contribution in [1.29, 1.82) is 0 Å². The molecule has 5 heteroatoms. The highest BCUT2D eigenvalue weighted by Gasteiger charge is 2.35. The molecule has 0 aliphatic carbocycles. The molecular weight excluding hydrogens is 236 g/mol. The van der Waals surface area contributed by atoms with Crippen molar-refractivity contribution in [2.45, 2.75) is 12.5 Å². The Labute approximate surface area is 104 Å². The van der Waals surface area contributed by atoms with Gasteiger partial charge >= 0.3 is 5.97 Å². The minimum absolute atomic E-state index is 0.390. The van der Waals surface area contributed by atoms with Crippen LogP contribution in [0.1, 0.15) is 18.1 Å². The summed E-state index contributed by atoms with van der Waals surface area (Å²) in [6.45, 7) is 1.55. The van der Waals surface area contributed by atoms with E-state index in [1.165, 1.54) is 0 Å². The molecule has 2 aliphatic rings. The number of carboxylic acid groups (broad SMARTS) is 1. The van der Waals surface area contributed by atoms with Crippen molar-refractivity contribution in [2.75, 3.05) is 19.8 Å². The minimum atomic E-state index is -0.813. The van der Waals surface area contributed by atoms with Gasteiger partial charge in [0.05, 0.1) is 12.0 Å². The van der Waals surface area contributed by atoms with Crippen LogP contribution in [0.15, 0.2) is 18.2 Å². The standard InChI is InChI=1S/C13H14O5/c14-13(15)9-3-4-18-12(9)8-1-2-10-11(7-8)17-6-5-16-10/h1-2,7,9,12H,3-6H2,(H,14,15). The maximum Gasteiger partial charge on any atom is 0.309 e. The molecular formula is C13H14O5. The third-order valence-electron chi connectivity index (χ3n) is 3.30. The van der Waals surface area contributed by atoms with Gasteiger partial charge in [0.15, 0.2) is 11.5 Å². The fourth-order valence-corrected chi connectivity index (χ4v) is 2.41. The first kappa shape index (κ1) is 11.3. The minimum Gasteiger partial charge on any atom is -0.486 e. The summed E-state index contributed by atoms with van der Waals surface area (Å²) in [7, 11) is 0. The van der Waals surface area contributed by atoms with Gasteiger partial charge in [-0.25, -0.2) is 0 Å². The van der Waals surface area contributed by atoms with Crippen molar-refractivity contribution in [3.63, 3.8) is 0 Å². The second-order valence-corrected chi connectivity index (χ2v) is 4.43. The summed E-state index contributed by atoms with van der Waals surface area (Å²) in [6.07, 6.45) is 0.160. The molecule has 2 heterocycles. The van der Waals surface area contributed by atoms with E-state index in [0.29, 0.717) is 37.7 Å². The Morgan fingerprint density at radius 1 is 1.17 bits per heavy atom. The molecule has 3 rings (SSSR count). The Morgan fingerprint density at radius 2 is 1.94 bits per heavy atom. The summed E-state index contributed by atoms with van der Waals surface area (Å²) in [5.41, 5.74) is 0.837. The number of hydrogen-bond acceptors (Lipinski definition) is 4. The fourth-order valence-electron chi connectivity index (χ4n) is 2.41. The van der Waals surface area contributed by atoms with E-state index in [1.54, 1.807) is 0 Å². The van der Waals surface area contributed by atoms with Crippen molar-refractivity contribution < 1.29 is 24.1 Å². The molecule has 1 saturated heterocycles. The van der Waals surface area contributed by atoms with Gasteiger partial charge in [-0.3, -0.25) is 4.79 Å². The predicted molar refractivity (Wildman–Crippen MR) is 61.9 cm³/mol. The van der Waals surface area contributed by atoms with Crippen LogP contribution in [-0.4, -0.2) is 30.9 Å². The molecule has 1 fully saturated rings. The lowest BCUT2D eigenvalue weighted by molar-refractivity contribution is -0.143.